The molecule has 0 unspecified atom stereocenters. The summed E-state index contributed by atoms with van der Waals surface area (Å²) in [6, 6.07) is 12.4. The molecule has 2 aromatic carbocycles. The Kier molecular flexibility index (Phi) is 6.20. The summed E-state index contributed by atoms with van der Waals surface area (Å²) in [5.74, 6) is 0.511. The van der Waals surface area contributed by atoms with Crippen LogP contribution in [0, 0.1) is 0 Å². The van der Waals surface area contributed by atoms with Gasteiger partial charge in [-0.15, -0.1) is 0 Å². The summed E-state index contributed by atoms with van der Waals surface area (Å²) >= 11 is 0. The lowest BCUT2D eigenvalue weighted by Crippen LogP contribution is -2.35. The van der Waals surface area contributed by atoms with E-state index in [0.29, 0.717) is 18.6 Å². The van der Waals surface area contributed by atoms with Crippen molar-refractivity contribution < 1.29 is 17.9 Å². The standard InChI is InChI=1S/C23H29N3O4S/c1-25(2)31(28,29)17-10-11-21(26-13-6-3-7-14-26)19(16-17)23(27)24-20-12-15-30-22-9-5-4-8-18(20)22/h4-5,8-11,16,20H,3,6-7,12-15H2,1-2H3,(H,24,27)/t20-/m1/s1. The molecule has 7 nitrogen and oxygen atoms in total. The van der Waals surface area contributed by atoms with Crippen LogP contribution in [0.15, 0.2) is 47.4 Å². The van der Waals surface area contributed by atoms with Crippen LogP contribution in [0.1, 0.15) is 47.6 Å². The molecule has 0 saturated carbocycles. The number of fused-ring (bicyclic) bond motifs is 1. The predicted octanol–water partition coefficient (Wildman–Crippen LogP) is 3.18. The summed E-state index contributed by atoms with van der Waals surface area (Å²) in [7, 11) is -0.662. The van der Waals surface area contributed by atoms with Crippen LogP contribution in [0.2, 0.25) is 0 Å². The van der Waals surface area contributed by atoms with Crippen LogP contribution in [0.25, 0.3) is 0 Å². The minimum absolute atomic E-state index is 0.121. The van der Waals surface area contributed by atoms with Crippen LogP contribution in [0.4, 0.5) is 5.69 Å². The highest BCUT2D eigenvalue weighted by Gasteiger charge is 2.27. The Bertz CT molecular complexity index is 1060. The molecule has 31 heavy (non-hydrogen) atoms. The Morgan fingerprint density at radius 3 is 2.58 bits per heavy atom. The average Bonchev–Trinajstić information content (AvgIpc) is 2.79. The van der Waals surface area contributed by atoms with E-state index in [4.69, 9.17) is 4.74 Å². The first kappa shape index (κ1) is 21.6. The second-order valence-corrected chi connectivity index (χ2v) is 10.4. The van der Waals surface area contributed by atoms with Gasteiger partial charge in [-0.1, -0.05) is 18.2 Å². The van der Waals surface area contributed by atoms with Crippen molar-refractivity contribution in [3.63, 3.8) is 0 Å². The van der Waals surface area contributed by atoms with Gasteiger partial charge in [0.25, 0.3) is 5.91 Å². The molecule has 0 aromatic heterocycles. The number of rotatable bonds is 5. The molecule has 8 heteroatoms. The van der Waals surface area contributed by atoms with E-state index in [1.807, 2.05) is 24.3 Å². The highest BCUT2D eigenvalue weighted by Crippen LogP contribution is 2.33. The molecule has 2 heterocycles. The zero-order valence-electron chi connectivity index (χ0n) is 18.0. The zero-order chi connectivity index (χ0) is 22.0. The van der Waals surface area contributed by atoms with Crippen LogP contribution in [-0.2, 0) is 10.0 Å². The fraction of sp³-hybridized carbons (Fsp3) is 0.435. The lowest BCUT2D eigenvalue weighted by Gasteiger charge is -2.31. The second-order valence-electron chi connectivity index (χ2n) is 8.22. The van der Waals surface area contributed by atoms with E-state index in [1.165, 1.54) is 30.9 Å². The number of hydrogen-bond acceptors (Lipinski definition) is 5. The quantitative estimate of drug-likeness (QED) is 0.768. The van der Waals surface area contributed by atoms with Gasteiger partial charge in [-0.25, -0.2) is 12.7 Å². The third-order valence-corrected chi connectivity index (χ3v) is 7.76. The molecule has 2 aromatic rings. The van der Waals surface area contributed by atoms with E-state index in [-0.39, 0.29) is 16.8 Å². The molecule has 1 saturated heterocycles. The number of amides is 1. The van der Waals surface area contributed by atoms with Gasteiger partial charge in [0.2, 0.25) is 10.0 Å². The van der Waals surface area contributed by atoms with E-state index in [9.17, 15) is 13.2 Å². The summed E-state index contributed by atoms with van der Waals surface area (Å²) in [6.45, 7) is 2.25. The molecule has 2 aliphatic heterocycles. The van der Waals surface area contributed by atoms with Crippen molar-refractivity contribution in [1.29, 1.82) is 0 Å². The van der Waals surface area contributed by atoms with Crippen molar-refractivity contribution >= 4 is 21.6 Å². The number of benzene rings is 2. The second kappa shape index (κ2) is 8.88. The normalized spacial score (nSPS) is 18.9. The number of hydrogen-bond donors (Lipinski definition) is 1. The Labute approximate surface area is 184 Å². The monoisotopic (exact) mass is 443 g/mol. The van der Waals surface area contributed by atoms with Crippen LogP contribution < -0.4 is 15.0 Å². The smallest absolute Gasteiger partial charge is 0.253 e. The molecule has 1 fully saturated rings. The molecule has 0 radical (unpaired) electrons. The molecule has 166 valence electrons. The number of nitrogens with one attached hydrogen (secondary N) is 1. The average molecular weight is 444 g/mol. The first-order valence-electron chi connectivity index (χ1n) is 10.7. The Hall–Kier alpha value is -2.58. The van der Waals surface area contributed by atoms with E-state index < -0.39 is 10.0 Å². The van der Waals surface area contributed by atoms with Crippen molar-refractivity contribution in [3.8, 4) is 5.75 Å². The van der Waals surface area contributed by atoms with Gasteiger partial charge in [-0.2, -0.15) is 0 Å². The minimum atomic E-state index is -3.65. The highest BCUT2D eigenvalue weighted by atomic mass is 32.2. The number of ether oxygens (including phenoxy) is 1. The van der Waals surface area contributed by atoms with Crippen molar-refractivity contribution in [2.75, 3.05) is 38.7 Å². The first-order chi connectivity index (χ1) is 14.9. The van der Waals surface area contributed by atoms with E-state index in [1.54, 1.807) is 12.1 Å². The molecule has 0 aliphatic carbocycles. The van der Waals surface area contributed by atoms with E-state index in [0.717, 1.165) is 42.9 Å². The fourth-order valence-corrected chi connectivity index (χ4v) is 5.14. The van der Waals surface area contributed by atoms with Gasteiger partial charge in [-0.05, 0) is 43.5 Å². The molecule has 0 bridgehead atoms. The summed E-state index contributed by atoms with van der Waals surface area (Å²) in [6.07, 6.45) is 3.96. The summed E-state index contributed by atoms with van der Waals surface area (Å²) in [4.78, 5) is 15.8. The molecule has 1 amide bonds. The molecule has 1 N–H and O–H groups in total. The maximum Gasteiger partial charge on any atom is 0.253 e. The van der Waals surface area contributed by atoms with Crippen LogP contribution in [0.3, 0.4) is 0 Å². The maximum absolute atomic E-state index is 13.4. The minimum Gasteiger partial charge on any atom is -0.493 e. The fourth-order valence-electron chi connectivity index (χ4n) is 4.21. The van der Waals surface area contributed by atoms with Crippen LogP contribution in [0.5, 0.6) is 5.75 Å². The van der Waals surface area contributed by atoms with Gasteiger partial charge in [-0.3, -0.25) is 4.79 Å². The van der Waals surface area contributed by atoms with Crippen LogP contribution in [-0.4, -0.2) is 52.4 Å². The van der Waals surface area contributed by atoms with Gasteiger partial charge in [0.05, 0.1) is 23.1 Å². The predicted molar refractivity (Wildman–Crippen MR) is 120 cm³/mol. The molecule has 1 atom stereocenters. The third-order valence-electron chi connectivity index (χ3n) is 5.95. The van der Waals surface area contributed by atoms with Gasteiger partial charge >= 0.3 is 0 Å². The number of carbonyl (C=O) groups is 1. The topological polar surface area (TPSA) is 79.0 Å². The van der Waals surface area contributed by atoms with Crippen molar-refractivity contribution in [3.05, 3.63) is 53.6 Å². The van der Waals surface area contributed by atoms with E-state index in [2.05, 4.69) is 10.2 Å². The number of carbonyl (C=O) groups excluding carboxylic acids is 1. The van der Waals surface area contributed by atoms with Gasteiger partial charge < -0.3 is 15.0 Å². The molecule has 4 rings (SSSR count). The largest absolute Gasteiger partial charge is 0.493 e. The maximum atomic E-state index is 13.4. The third kappa shape index (κ3) is 4.41. The number of piperidine rings is 1. The Morgan fingerprint density at radius 1 is 1.10 bits per heavy atom. The lowest BCUT2D eigenvalue weighted by atomic mass is 9.99. The zero-order valence-corrected chi connectivity index (χ0v) is 18.8. The van der Waals surface area contributed by atoms with Crippen molar-refractivity contribution in [2.24, 2.45) is 0 Å². The summed E-state index contributed by atoms with van der Waals surface area (Å²) in [5, 5.41) is 3.12. The summed E-state index contributed by atoms with van der Waals surface area (Å²) in [5.41, 5.74) is 2.13. The molecular formula is C23H29N3O4S. The first-order valence-corrected chi connectivity index (χ1v) is 12.2. The number of sulfonamides is 1. The van der Waals surface area contributed by atoms with Crippen LogP contribution >= 0.6 is 0 Å². The number of para-hydroxylation sites is 1. The molecular weight excluding hydrogens is 414 g/mol. The highest BCUT2D eigenvalue weighted by molar-refractivity contribution is 7.89. The Balaban J connectivity index is 1.70. The van der Waals surface area contributed by atoms with Crippen molar-refractivity contribution in [1.82, 2.24) is 9.62 Å². The Morgan fingerprint density at radius 2 is 1.84 bits per heavy atom. The molecule has 2 aliphatic rings. The van der Waals surface area contributed by atoms with Gasteiger partial charge in [0.1, 0.15) is 5.75 Å². The molecule has 0 spiro atoms. The van der Waals surface area contributed by atoms with Gasteiger partial charge in [0.15, 0.2) is 0 Å². The van der Waals surface area contributed by atoms with Crippen molar-refractivity contribution in [2.45, 2.75) is 36.6 Å². The number of nitrogens with zero attached hydrogens (tertiary/aromatic N) is 2. The van der Waals surface area contributed by atoms with Gasteiger partial charge in [0, 0.05) is 44.9 Å². The summed E-state index contributed by atoms with van der Waals surface area (Å²) < 4.78 is 32.3. The number of anilines is 1. The lowest BCUT2D eigenvalue weighted by molar-refractivity contribution is 0.0925. The van der Waals surface area contributed by atoms with E-state index >= 15 is 0 Å². The SMILES string of the molecule is CN(C)S(=O)(=O)c1ccc(N2CCCCC2)c(C(=O)N[C@@H]2CCOc3ccccc32)c1.